The average Bonchev–Trinajstić information content (AvgIpc) is 2.03. The monoisotopic (exact) mass is 163 g/mol. The van der Waals surface area contributed by atoms with Crippen LogP contribution in [0.15, 0.2) is 36.0 Å². The van der Waals surface area contributed by atoms with Crippen LogP contribution < -0.4 is 0 Å². The number of carboxylic acids is 1. The van der Waals surface area contributed by atoms with Crippen LogP contribution in [-0.4, -0.2) is 11.1 Å². The zero-order chi connectivity index (χ0) is 9.56. The Hall–Kier alpha value is -1.82. The van der Waals surface area contributed by atoms with Gasteiger partial charge in [-0.1, -0.05) is 12.7 Å². The number of hydrogen-bond acceptors (Lipinski definition) is 2. The van der Waals surface area contributed by atoms with Crippen LogP contribution in [0, 0.1) is 11.3 Å². The maximum absolute atomic E-state index is 10.5. The first kappa shape index (κ1) is 10.2. The third-order valence-electron chi connectivity index (χ3n) is 1.09. The highest BCUT2D eigenvalue weighted by molar-refractivity contribution is 5.90. The van der Waals surface area contributed by atoms with Gasteiger partial charge in [-0.25, -0.2) is 4.79 Å². The van der Waals surface area contributed by atoms with E-state index in [1.807, 2.05) is 6.07 Å². The summed E-state index contributed by atoms with van der Waals surface area (Å²) in [6, 6.07) is 1.83. The molecular formula is C9H9NO2. The van der Waals surface area contributed by atoms with Crippen LogP contribution in [0.5, 0.6) is 0 Å². The van der Waals surface area contributed by atoms with E-state index in [9.17, 15) is 4.79 Å². The van der Waals surface area contributed by atoms with E-state index >= 15 is 0 Å². The first-order valence-electron chi connectivity index (χ1n) is 3.26. The Balaban J connectivity index is 4.82. The van der Waals surface area contributed by atoms with E-state index in [0.29, 0.717) is 5.57 Å². The molecule has 0 aliphatic heterocycles. The van der Waals surface area contributed by atoms with Gasteiger partial charge in [-0.15, -0.1) is 0 Å². The molecule has 3 heteroatoms. The minimum atomic E-state index is -1.07. The summed E-state index contributed by atoms with van der Waals surface area (Å²) in [5, 5.41) is 16.9. The molecule has 0 rings (SSSR count). The van der Waals surface area contributed by atoms with Crippen molar-refractivity contribution in [1.29, 1.82) is 5.26 Å². The molecule has 0 spiro atoms. The third-order valence-corrected chi connectivity index (χ3v) is 1.09. The summed E-state index contributed by atoms with van der Waals surface area (Å²) < 4.78 is 0. The molecule has 0 fully saturated rings. The number of carboxylic acid groups (broad SMARTS) is 1. The fraction of sp³-hybridized carbons (Fsp3) is 0.111. The maximum Gasteiger partial charge on any atom is 0.335 e. The summed E-state index contributed by atoms with van der Waals surface area (Å²) in [6.07, 6.45) is 4.00. The average molecular weight is 163 g/mol. The van der Waals surface area contributed by atoms with Crippen molar-refractivity contribution < 1.29 is 9.90 Å². The smallest absolute Gasteiger partial charge is 0.335 e. The highest BCUT2D eigenvalue weighted by Gasteiger charge is 2.01. The second-order valence-corrected chi connectivity index (χ2v) is 2.10. The lowest BCUT2D eigenvalue weighted by atomic mass is 10.2. The van der Waals surface area contributed by atoms with Crippen molar-refractivity contribution in [1.82, 2.24) is 0 Å². The second kappa shape index (κ2) is 4.91. The van der Waals surface area contributed by atoms with Gasteiger partial charge in [0.15, 0.2) is 0 Å². The lowest BCUT2D eigenvalue weighted by molar-refractivity contribution is -0.132. The van der Waals surface area contributed by atoms with Crippen LogP contribution in [0.3, 0.4) is 0 Å². The first-order valence-corrected chi connectivity index (χ1v) is 3.26. The van der Waals surface area contributed by atoms with Crippen molar-refractivity contribution in [2.24, 2.45) is 0 Å². The number of rotatable bonds is 3. The van der Waals surface area contributed by atoms with Crippen molar-refractivity contribution in [2.75, 3.05) is 0 Å². The van der Waals surface area contributed by atoms with Crippen LogP contribution in [0.2, 0.25) is 0 Å². The van der Waals surface area contributed by atoms with E-state index in [0.717, 1.165) is 0 Å². The first-order chi connectivity index (χ1) is 5.61. The Morgan fingerprint density at radius 3 is 2.58 bits per heavy atom. The molecule has 0 aliphatic carbocycles. The quantitative estimate of drug-likeness (QED) is 0.391. The number of hydrogen-bond donors (Lipinski definition) is 1. The third kappa shape index (κ3) is 3.37. The van der Waals surface area contributed by atoms with Gasteiger partial charge in [0.05, 0.1) is 11.6 Å². The highest BCUT2D eigenvalue weighted by Crippen LogP contribution is 2.01. The molecule has 62 valence electrons. The van der Waals surface area contributed by atoms with Gasteiger partial charge >= 0.3 is 5.97 Å². The number of nitriles is 1. The number of aliphatic carboxylic acids is 1. The van der Waals surface area contributed by atoms with Crippen molar-refractivity contribution in [3.05, 3.63) is 36.0 Å². The summed E-state index contributed by atoms with van der Waals surface area (Å²) in [5.41, 5.74) is 0.412. The fourth-order valence-corrected chi connectivity index (χ4v) is 0.574. The van der Waals surface area contributed by atoms with Crippen LogP contribution in [0.1, 0.15) is 6.92 Å². The van der Waals surface area contributed by atoms with E-state index in [1.165, 1.54) is 18.2 Å². The minimum Gasteiger partial charge on any atom is -0.478 e. The molecule has 0 heterocycles. The second-order valence-electron chi connectivity index (χ2n) is 2.10. The Morgan fingerprint density at radius 1 is 1.67 bits per heavy atom. The zero-order valence-corrected chi connectivity index (χ0v) is 6.74. The van der Waals surface area contributed by atoms with Gasteiger partial charge in [0, 0.05) is 5.57 Å². The summed E-state index contributed by atoms with van der Waals surface area (Å²) >= 11 is 0. The van der Waals surface area contributed by atoms with Gasteiger partial charge in [0.25, 0.3) is 0 Å². The molecule has 0 aromatic rings. The van der Waals surface area contributed by atoms with Gasteiger partial charge in [-0.2, -0.15) is 5.26 Å². The van der Waals surface area contributed by atoms with Crippen molar-refractivity contribution in [2.45, 2.75) is 6.92 Å². The number of carbonyl (C=O) groups is 1. The molecule has 0 unspecified atom stereocenters. The van der Waals surface area contributed by atoms with E-state index in [4.69, 9.17) is 10.4 Å². The Morgan fingerprint density at radius 2 is 2.25 bits per heavy atom. The predicted molar refractivity (Wildman–Crippen MR) is 45.3 cm³/mol. The molecule has 1 N–H and O–H groups in total. The molecule has 0 aromatic carbocycles. The van der Waals surface area contributed by atoms with Gasteiger partial charge in [0.1, 0.15) is 0 Å². The van der Waals surface area contributed by atoms with Gasteiger partial charge in [-0.3, -0.25) is 0 Å². The van der Waals surface area contributed by atoms with Crippen LogP contribution in [0.25, 0.3) is 0 Å². The van der Waals surface area contributed by atoms with E-state index in [2.05, 4.69) is 6.58 Å². The molecule has 0 bridgehead atoms. The van der Waals surface area contributed by atoms with Crippen LogP contribution >= 0.6 is 0 Å². The SMILES string of the molecule is C=C/C=C(\C=C(/C)C#N)C(=O)O. The molecule has 0 radical (unpaired) electrons. The van der Waals surface area contributed by atoms with Crippen LogP contribution in [-0.2, 0) is 4.79 Å². The maximum atomic E-state index is 10.5. The number of allylic oxidation sites excluding steroid dienone is 3. The minimum absolute atomic E-state index is 0.0593. The lowest BCUT2D eigenvalue weighted by Gasteiger charge is -1.91. The zero-order valence-electron chi connectivity index (χ0n) is 6.74. The Labute approximate surface area is 70.9 Å². The molecular weight excluding hydrogens is 154 g/mol. The fourth-order valence-electron chi connectivity index (χ4n) is 0.574. The summed E-state index contributed by atoms with van der Waals surface area (Å²) in [4.78, 5) is 10.5. The van der Waals surface area contributed by atoms with E-state index in [-0.39, 0.29) is 5.57 Å². The van der Waals surface area contributed by atoms with Crippen molar-refractivity contribution >= 4 is 5.97 Å². The normalized spacial score (nSPS) is 12.0. The molecule has 3 nitrogen and oxygen atoms in total. The van der Waals surface area contributed by atoms with Gasteiger partial charge in [-0.05, 0) is 19.1 Å². The standard InChI is InChI=1S/C9H9NO2/c1-3-4-8(9(11)12)5-7(2)6-10/h3-5H,1H2,2H3,(H,11,12)/b7-5+,8-4+. The Kier molecular flexibility index (Phi) is 4.17. The van der Waals surface area contributed by atoms with Crippen molar-refractivity contribution in [3.8, 4) is 6.07 Å². The van der Waals surface area contributed by atoms with E-state index < -0.39 is 5.97 Å². The summed E-state index contributed by atoms with van der Waals surface area (Å²) in [5.74, 6) is -1.07. The molecule has 0 saturated heterocycles. The molecule has 0 amide bonds. The highest BCUT2D eigenvalue weighted by atomic mass is 16.4. The van der Waals surface area contributed by atoms with E-state index in [1.54, 1.807) is 6.92 Å². The van der Waals surface area contributed by atoms with Gasteiger partial charge < -0.3 is 5.11 Å². The topological polar surface area (TPSA) is 61.1 Å². The molecule has 0 aromatic heterocycles. The number of nitrogens with zero attached hydrogens (tertiary/aromatic N) is 1. The van der Waals surface area contributed by atoms with Crippen molar-refractivity contribution in [3.63, 3.8) is 0 Å². The largest absolute Gasteiger partial charge is 0.478 e. The summed E-state index contributed by atoms with van der Waals surface area (Å²) in [7, 11) is 0. The lowest BCUT2D eigenvalue weighted by Crippen LogP contribution is -1.97. The summed E-state index contributed by atoms with van der Waals surface area (Å²) in [6.45, 7) is 4.91. The molecule has 0 atom stereocenters. The van der Waals surface area contributed by atoms with Gasteiger partial charge in [0.2, 0.25) is 0 Å². The Bertz CT molecular complexity index is 292. The van der Waals surface area contributed by atoms with Crippen LogP contribution in [0.4, 0.5) is 0 Å². The molecule has 0 saturated carbocycles. The molecule has 12 heavy (non-hydrogen) atoms. The predicted octanol–water partition coefficient (Wildman–Crippen LogP) is 1.65. The molecule has 0 aliphatic rings.